The fraction of sp³-hybridized carbons (Fsp3) is 0.188. The summed E-state index contributed by atoms with van der Waals surface area (Å²) in [5.74, 6) is 5.00. The topological polar surface area (TPSA) is 58.4 Å². The smallest absolute Gasteiger partial charge is 0.265 e. The summed E-state index contributed by atoms with van der Waals surface area (Å²) in [4.78, 5) is 14.1. The lowest BCUT2D eigenvalue weighted by Crippen LogP contribution is -2.31. The minimum absolute atomic E-state index is 0.243. The second-order valence-electron chi connectivity index (χ2n) is 4.93. The Kier molecular flexibility index (Phi) is 3.39. The molecule has 4 heteroatoms. The molecule has 3 rings (SSSR count). The van der Waals surface area contributed by atoms with E-state index in [9.17, 15) is 4.79 Å². The van der Waals surface area contributed by atoms with Crippen molar-refractivity contribution in [3.05, 3.63) is 65.2 Å². The number of para-hydroxylation sites is 1. The number of fused-ring (bicyclic) bond motifs is 1. The Morgan fingerprint density at radius 2 is 1.90 bits per heavy atom. The standard InChI is InChI=1S/C16H17N3O/c17-18-16(20)14-7-3-1-6-13(14)11-19-10-9-12-5-2-4-8-15(12)19/h1-8H,9-11,17H2,(H,18,20). The van der Waals surface area contributed by atoms with Crippen LogP contribution in [0.2, 0.25) is 0 Å². The van der Waals surface area contributed by atoms with Gasteiger partial charge in [-0.05, 0) is 29.7 Å². The van der Waals surface area contributed by atoms with Gasteiger partial charge in [-0.3, -0.25) is 10.2 Å². The third-order valence-electron chi connectivity index (χ3n) is 3.74. The zero-order valence-corrected chi connectivity index (χ0v) is 11.2. The van der Waals surface area contributed by atoms with E-state index in [0.717, 1.165) is 25.1 Å². The Hall–Kier alpha value is -2.33. The SMILES string of the molecule is NNC(=O)c1ccccc1CN1CCc2ccccc21. The molecular formula is C16H17N3O. The maximum atomic E-state index is 11.8. The molecule has 1 aliphatic heterocycles. The predicted octanol–water partition coefficient (Wildman–Crippen LogP) is 1.85. The highest BCUT2D eigenvalue weighted by Gasteiger charge is 2.20. The highest BCUT2D eigenvalue weighted by atomic mass is 16.2. The Morgan fingerprint density at radius 1 is 1.15 bits per heavy atom. The van der Waals surface area contributed by atoms with Crippen molar-refractivity contribution < 1.29 is 4.79 Å². The molecule has 2 aromatic carbocycles. The molecular weight excluding hydrogens is 250 g/mol. The summed E-state index contributed by atoms with van der Waals surface area (Å²) >= 11 is 0. The van der Waals surface area contributed by atoms with E-state index in [1.807, 2.05) is 18.2 Å². The van der Waals surface area contributed by atoms with Gasteiger partial charge in [0, 0.05) is 24.3 Å². The molecule has 102 valence electrons. The van der Waals surface area contributed by atoms with Gasteiger partial charge in [0.15, 0.2) is 0 Å². The summed E-state index contributed by atoms with van der Waals surface area (Å²) in [6.45, 7) is 1.71. The number of nitrogens with two attached hydrogens (primary N) is 1. The fourth-order valence-electron chi connectivity index (χ4n) is 2.73. The van der Waals surface area contributed by atoms with Crippen LogP contribution in [0.25, 0.3) is 0 Å². The van der Waals surface area contributed by atoms with Crippen LogP contribution in [0.4, 0.5) is 5.69 Å². The number of hydrogen-bond donors (Lipinski definition) is 2. The largest absolute Gasteiger partial charge is 0.367 e. The van der Waals surface area contributed by atoms with Crippen molar-refractivity contribution in [3.63, 3.8) is 0 Å². The minimum Gasteiger partial charge on any atom is -0.367 e. The van der Waals surface area contributed by atoms with Crippen molar-refractivity contribution >= 4 is 11.6 Å². The number of hydrogen-bond acceptors (Lipinski definition) is 3. The van der Waals surface area contributed by atoms with Crippen molar-refractivity contribution in [2.45, 2.75) is 13.0 Å². The quantitative estimate of drug-likeness (QED) is 0.507. The molecule has 0 saturated carbocycles. The Morgan fingerprint density at radius 3 is 2.75 bits per heavy atom. The first-order valence-electron chi connectivity index (χ1n) is 6.71. The van der Waals surface area contributed by atoms with Gasteiger partial charge in [0.2, 0.25) is 0 Å². The van der Waals surface area contributed by atoms with Gasteiger partial charge in [0.25, 0.3) is 5.91 Å². The van der Waals surface area contributed by atoms with Crippen LogP contribution >= 0.6 is 0 Å². The van der Waals surface area contributed by atoms with Crippen LogP contribution in [0.1, 0.15) is 21.5 Å². The van der Waals surface area contributed by atoms with Gasteiger partial charge in [0.1, 0.15) is 0 Å². The number of nitrogen functional groups attached to an aromatic ring is 1. The zero-order chi connectivity index (χ0) is 13.9. The number of hydrazine groups is 1. The molecule has 0 atom stereocenters. The highest BCUT2D eigenvalue weighted by Crippen LogP contribution is 2.29. The molecule has 2 aromatic rings. The van der Waals surface area contributed by atoms with Crippen LogP contribution in [0, 0.1) is 0 Å². The summed E-state index contributed by atoms with van der Waals surface area (Å²) in [6.07, 6.45) is 1.06. The van der Waals surface area contributed by atoms with Crippen LogP contribution < -0.4 is 16.2 Å². The normalized spacial score (nSPS) is 13.2. The van der Waals surface area contributed by atoms with Crippen molar-refractivity contribution in [2.75, 3.05) is 11.4 Å². The average Bonchev–Trinajstić information content (AvgIpc) is 2.90. The van der Waals surface area contributed by atoms with Gasteiger partial charge >= 0.3 is 0 Å². The third-order valence-corrected chi connectivity index (χ3v) is 3.74. The molecule has 1 heterocycles. The van der Waals surface area contributed by atoms with Crippen molar-refractivity contribution in [1.29, 1.82) is 0 Å². The summed E-state index contributed by atoms with van der Waals surface area (Å²) in [7, 11) is 0. The van der Waals surface area contributed by atoms with Gasteiger partial charge in [-0.1, -0.05) is 36.4 Å². The molecule has 1 amide bonds. The number of carbonyl (C=O) groups is 1. The molecule has 1 aliphatic rings. The molecule has 0 aromatic heterocycles. The fourth-order valence-corrected chi connectivity index (χ4v) is 2.73. The molecule has 0 aliphatic carbocycles. The Bertz CT molecular complexity index is 639. The lowest BCUT2D eigenvalue weighted by molar-refractivity contribution is 0.0952. The molecule has 0 spiro atoms. The van der Waals surface area contributed by atoms with Crippen molar-refractivity contribution in [3.8, 4) is 0 Å². The maximum absolute atomic E-state index is 11.8. The van der Waals surface area contributed by atoms with Gasteiger partial charge in [-0.25, -0.2) is 5.84 Å². The van der Waals surface area contributed by atoms with Crippen molar-refractivity contribution in [1.82, 2.24) is 5.43 Å². The van der Waals surface area contributed by atoms with Gasteiger partial charge < -0.3 is 4.90 Å². The predicted molar refractivity (Wildman–Crippen MR) is 79.3 cm³/mol. The molecule has 20 heavy (non-hydrogen) atoms. The number of carbonyl (C=O) groups excluding carboxylic acids is 1. The number of rotatable bonds is 3. The molecule has 0 saturated heterocycles. The van der Waals surface area contributed by atoms with E-state index in [1.165, 1.54) is 11.3 Å². The molecule has 0 bridgehead atoms. The van der Waals surface area contributed by atoms with Gasteiger partial charge in [-0.2, -0.15) is 0 Å². The molecule has 0 radical (unpaired) electrons. The number of anilines is 1. The van der Waals surface area contributed by atoms with E-state index in [-0.39, 0.29) is 5.91 Å². The van der Waals surface area contributed by atoms with E-state index in [2.05, 4.69) is 34.6 Å². The number of nitrogens with one attached hydrogen (secondary N) is 1. The third kappa shape index (κ3) is 2.26. The van der Waals surface area contributed by atoms with Crippen LogP contribution in [-0.2, 0) is 13.0 Å². The van der Waals surface area contributed by atoms with Crippen LogP contribution in [0.3, 0.4) is 0 Å². The summed E-state index contributed by atoms with van der Waals surface area (Å²) < 4.78 is 0. The first kappa shape index (κ1) is 12.7. The van der Waals surface area contributed by atoms with E-state index < -0.39 is 0 Å². The lowest BCUT2D eigenvalue weighted by Gasteiger charge is -2.20. The summed E-state index contributed by atoms with van der Waals surface area (Å²) in [5, 5.41) is 0. The highest BCUT2D eigenvalue weighted by molar-refractivity contribution is 5.95. The van der Waals surface area contributed by atoms with Crippen molar-refractivity contribution in [2.24, 2.45) is 5.84 Å². The van der Waals surface area contributed by atoms with Gasteiger partial charge in [-0.15, -0.1) is 0 Å². The van der Waals surface area contributed by atoms with E-state index in [4.69, 9.17) is 5.84 Å². The lowest BCUT2D eigenvalue weighted by atomic mass is 10.1. The van der Waals surface area contributed by atoms with Crippen LogP contribution in [0.5, 0.6) is 0 Å². The Balaban J connectivity index is 1.88. The number of amides is 1. The number of benzene rings is 2. The van der Waals surface area contributed by atoms with E-state index in [0.29, 0.717) is 5.56 Å². The minimum atomic E-state index is -0.243. The average molecular weight is 267 g/mol. The number of nitrogens with zero attached hydrogens (tertiary/aromatic N) is 1. The molecule has 3 N–H and O–H groups in total. The van der Waals surface area contributed by atoms with Gasteiger partial charge in [0.05, 0.1) is 0 Å². The van der Waals surface area contributed by atoms with Crippen LogP contribution in [-0.4, -0.2) is 12.5 Å². The molecule has 4 nitrogen and oxygen atoms in total. The maximum Gasteiger partial charge on any atom is 0.265 e. The summed E-state index contributed by atoms with van der Waals surface area (Å²) in [5.41, 5.74) is 6.47. The zero-order valence-electron chi connectivity index (χ0n) is 11.2. The first-order valence-corrected chi connectivity index (χ1v) is 6.71. The molecule has 0 unspecified atom stereocenters. The van der Waals surface area contributed by atoms with Crippen LogP contribution in [0.15, 0.2) is 48.5 Å². The first-order chi connectivity index (χ1) is 9.79. The van der Waals surface area contributed by atoms with E-state index >= 15 is 0 Å². The summed E-state index contributed by atoms with van der Waals surface area (Å²) in [6, 6.07) is 16.0. The second kappa shape index (κ2) is 5.35. The Labute approximate surface area is 118 Å². The van der Waals surface area contributed by atoms with E-state index in [1.54, 1.807) is 6.07 Å². The molecule has 0 fully saturated rings. The monoisotopic (exact) mass is 267 g/mol. The second-order valence-corrected chi connectivity index (χ2v) is 4.93.